The first-order valence-corrected chi connectivity index (χ1v) is 6.23. The van der Waals surface area contributed by atoms with Crippen LogP contribution in [0.4, 0.5) is 0 Å². The summed E-state index contributed by atoms with van der Waals surface area (Å²) in [4.78, 5) is 0. The van der Waals surface area contributed by atoms with Gasteiger partial charge in [-0.15, -0.1) is 11.6 Å². The van der Waals surface area contributed by atoms with Gasteiger partial charge < -0.3 is 0 Å². The zero-order chi connectivity index (χ0) is 9.35. The van der Waals surface area contributed by atoms with E-state index in [9.17, 15) is 8.42 Å². The number of halogens is 3. The van der Waals surface area contributed by atoms with Crippen molar-refractivity contribution in [3.05, 3.63) is 23.3 Å². The zero-order valence-electron chi connectivity index (χ0n) is 5.75. The SMILES string of the molecule is O=S(=O)(Cl)C1C(Cl)=CC=CC1Cl. The maximum Gasteiger partial charge on any atom is 0.242 e. The van der Waals surface area contributed by atoms with E-state index < -0.39 is 19.7 Å². The first-order valence-electron chi connectivity index (χ1n) is 3.04. The Balaban J connectivity index is 3.06. The molecule has 0 heterocycles. The van der Waals surface area contributed by atoms with Crippen molar-refractivity contribution in [1.82, 2.24) is 0 Å². The van der Waals surface area contributed by atoms with Gasteiger partial charge in [-0.1, -0.05) is 23.8 Å². The molecule has 2 nitrogen and oxygen atoms in total. The molecule has 0 fully saturated rings. The minimum Gasteiger partial charge on any atom is -0.211 e. The van der Waals surface area contributed by atoms with Crippen LogP contribution in [-0.4, -0.2) is 19.0 Å². The molecule has 1 aliphatic carbocycles. The highest BCUT2D eigenvalue weighted by atomic mass is 35.7. The van der Waals surface area contributed by atoms with Crippen LogP contribution in [0, 0.1) is 0 Å². The molecule has 0 aromatic heterocycles. The second-order valence-electron chi connectivity index (χ2n) is 2.28. The third-order valence-corrected chi connectivity index (χ3v) is 4.18. The van der Waals surface area contributed by atoms with Crippen LogP contribution in [0.5, 0.6) is 0 Å². The summed E-state index contributed by atoms with van der Waals surface area (Å²) in [5.74, 6) is 0. The predicted molar refractivity (Wildman–Crippen MR) is 51.3 cm³/mol. The van der Waals surface area contributed by atoms with E-state index in [1.54, 1.807) is 6.08 Å². The van der Waals surface area contributed by atoms with Crippen molar-refractivity contribution in [2.24, 2.45) is 0 Å². The highest BCUT2D eigenvalue weighted by molar-refractivity contribution is 8.14. The van der Waals surface area contributed by atoms with Gasteiger partial charge in [0.15, 0.2) is 0 Å². The number of alkyl halides is 1. The molecular weight excluding hydrogens is 242 g/mol. The largest absolute Gasteiger partial charge is 0.242 e. The van der Waals surface area contributed by atoms with Crippen LogP contribution in [0.3, 0.4) is 0 Å². The molecule has 0 spiro atoms. The van der Waals surface area contributed by atoms with Crippen molar-refractivity contribution in [1.29, 1.82) is 0 Å². The molecule has 1 aliphatic rings. The zero-order valence-corrected chi connectivity index (χ0v) is 8.83. The van der Waals surface area contributed by atoms with Gasteiger partial charge in [-0.25, -0.2) is 8.42 Å². The summed E-state index contributed by atoms with van der Waals surface area (Å²) < 4.78 is 21.9. The van der Waals surface area contributed by atoms with Crippen molar-refractivity contribution in [2.45, 2.75) is 10.6 Å². The van der Waals surface area contributed by atoms with Crippen molar-refractivity contribution < 1.29 is 8.42 Å². The average molecular weight is 248 g/mol. The Bertz CT molecular complexity index is 331. The third kappa shape index (κ3) is 2.16. The van der Waals surface area contributed by atoms with Crippen molar-refractivity contribution in [3.8, 4) is 0 Å². The van der Waals surface area contributed by atoms with Gasteiger partial charge >= 0.3 is 0 Å². The summed E-state index contributed by atoms with van der Waals surface area (Å²) in [5.41, 5.74) is 0. The third-order valence-electron chi connectivity index (χ3n) is 1.41. The molecule has 2 unspecified atom stereocenters. The fourth-order valence-electron chi connectivity index (χ4n) is 0.891. The molecule has 1 rings (SSSR count). The normalized spacial score (nSPS) is 30.1. The first kappa shape index (κ1) is 10.4. The van der Waals surface area contributed by atoms with Gasteiger partial charge in [0.2, 0.25) is 9.05 Å². The number of hydrogen-bond donors (Lipinski definition) is 0. The Hall–Kier alpha value is 0.300. The standard InChI is InChI=1S/C6H5Cl3O2S/c7-4-2-1-3-5(8)6(4)12(9,10)11/h1-4,6H. The maximum atomic E-state index is 10.9. The summed E-state index contributed by atoms with van der Waals surface area (Å²) in [6, 6.07) is 0. The van der Waals surface area contributed by atoms with Gasteiger partial charge in [-0.3, -0.25) is 0 Å². The fourth-order valence-corrected chi connectivity index (χ4v) is 3.81. The van der Waals surface area contributed by atoms with Crippen LogP contribution in [0.25, 0.3) is 0 Å². The van der Waals surface area contributed by atoms with Gasteiger partial charge in [0.25, 0.3) is 0 Å². The van der Waals surface area contributed by atoms with E-state index in [4.69, 9.17) is 33.9 Å². The highest BCUT2D eigenvalue weighted by Crippen LogP contribution is 2.29. The van der Waals surface area contributed by atoms with Crippen LogP contribution >= 0.6 is 33.9 Å². The molecule has 0 N–H and O–H groups in total. The van der Waals surface area contributed by atoms with Gasteiger partial charge in [0.05, 0.1) is 5.38 Å². The Labute approximate surface area is 85.2 Å². The van der Waals surface area contributed by atoms with E-state index >= 15 is 0 Å². The number of rotatable bonds is 1. The van der Waals surface area contributed by atoms with Crippen LogP contribution in [0.2, 0.25) is 0 Å². The first-order chi connectivity index (χ1) is 5.43. The molecule has 0 aliphatic heterocycles. The van der Waals surface area contributed by atoms with E-state index in [0.717, 1.165) is 0 Å². The Morgan fingerprint density at radius 1 is 1.42 bits per heavy atom. The van der Waals surface area contributed by atoms with Crippen molar-refractivity contribution in [2.75, 3.05) is 0 Å². The highest BCUT2D eigenvalue weighted by Gasteiger charge is 2.33. The van der Waals surface area contributed by atoms with Gasteiger partial charge in [-0.05, 0) is 6.08 Å². The van der Waals surface area contributed by atoms with E-state index in [1.165, 1.54) is 12.2 Å². The summed E-state index contributed by atoms with van der Waals surface area (Å²) in [7, 11) is 1.39. The Kier molecular flexibility index (Phi) is 3.10. The molecule has 0 aromatic rings. The molecular formula is C6H5Cl3O2S. The molecule has 0 bridgehead atoms. The fraction of sp³-hybridized carbons (Fsp3) is 0.333. The summed E-state index contributed by atoms with van der Waals surface area (Å²) in [6.07, 6.45) is 4.58. The Morgan fingerprint density at radius 3 is 2.33 bits per heavy atom. The summed E-state index contributed by atoms with van der Waals surface area (Å²) >= 11 is 11.3. The Morgan fingerprint density at radius 2 is 2.00 bits per heavy atom. The minimum absolute atomic E-state index is 0.146. The van der Waals surface area contributed by atoms with Crippen LogP contribution in [0.15, 0.2) is 23.3 Å². The molecule has 2 atom stereocenters. The quantitative estimate of drug-likeness (QED) is 0.526. The lowest BCUT2D eigenvalue weighted by Gasteiger charge is -2.18. The predicted octanol–water partition coefficient (Wildman–Crippen LogP) is 2.22. The maximum absolute atomic E-state index is 10.9. The molecule has 0 radical (unpaired) electrons. The molecule has 0 saturated heterocycles. The molecule has 0 amide bonds. The van der Waals surface area contributed by atoms with Gasteiger partial charge in [0.1, 0.15) is 5.25 Å². The average Bonchev–Trinajstić information content (AvgIpc) is 1.82. The van der Waals surface area contributed by atoms with Crippen molar-refractivity contribution >= 4 is 42.9 Å². The topological polar surface area (TPSA) is 34.1 Å². The molecule has 0 aromatic carbocycles. The number of hydrogen-bond acceptors (Lipinski definition) is 2. The smallest absolute Gasteiger partial charge is 0.211 e. The van der Waals surface area contributed by atoms with Gasteiger partial charge in [0, 0.05) is 15.7 Å². The van der Waals surface area contributed by atoms with E-state index in [0.29, 0.717) is 0 Å². The number of allylic oxidation sites excluding steroid dienone is 3. The van der Waals surface area contributed by atoms with E-state index in [1.807, 2.05) is 0 Å². The molecule has 68 valence electrons. The molecule has 0 saturated carbocycles. The summed E-state index contributed by atoms with van der Waals surface area (Å²) in [5, 5.41) is -1.56. The van der Waals surface area contributed by atoms with Crippen LogP contribution in [0.1, 0.15) is 0 Å². The van der Waals surface area contributed by atoms with Gasteiger partial charge in [-0.2, -0.15) is 0 Å². The van der Waals surface area contributed by atoms with E-state index in [2.05, 4.69) is 0 Å². The van der Waals surface area contributed by atoms with Crippen LogP contribution in [-0.2, 0) is 9.05 Å². The molecule has 12 heavy (non-hydrogen) atoms. The lowest BCUT2D eigenvalue weighted by molar-refractivity contribution is 0.602. The van der Waals surface area contributed by atoms with Crippen LogP contribution < -0.4 is 0 Å². The lowest BCUT2D eigenvalue weighted by Crippen LogP contribution is -2.27. The monoisotopic (exact) mass is 246 g/mol. The lowest BCUT2D eigenvalue weighted by atomic mass is 10.2. The molecule has 6 heteroatoms. The minimum atomic E-state index is -3.74. The summed E-state index contributed by atoms with van der Waals surface area (Å²) in [6.45, 7) is 0. The second-order valence-corrected chi connectivity index (χ2v) is 5.97. The van der Waals surface area contributed by atoms with Crippen molar-refractivity contribution in [3.63, 3.8) is 0 Å². The second kappa shape index (κ2) is 3.58. The van der Waals surface area contributed by atoms with E-state index in [-0.39, 0.29) is 5.03 Å².